The molecule has 0 aliphatic heterocycles. The number of halogens is 1. The van der Waals surface area contributed by atoms with Crippen LogP contribution in [0.2, 0.25) is 0 Å². The van der Waals surface area contributed by atoms with Crippen LogP contribution in [0, 0.1) is 5.82 Å². The van der Waals surface area contributed by atoms with Gasteiger partial charge in [0.25, 0.3) is 5.91 Å². The van der Waals surface area contributed by atoms with Crippen molar-refractivity contribution in [3.05, 3.63) is 82.9 Å². The summed E-state index contributed by atoms with van der Waals surface area (Å²) >= 11 is 2.93. The molecule has 0 unspecified atom stereocenters. The van der Waals surface area contributed by atoms with Crippen LogP contribution in [0.1, 0.15) is 33.7 Å². The molecule has 31 heavy (non-hydrogen) atoms. The second-order valence-corrected chi connectivity index (χ2v) is 9.32. The molecule has 2 aromatic heterocycles. The quantitative estimate of drug-likeness (QED) is 0.334. The van der Waals surface area contributed by atoms with E-state index in [1.807, 2.05) is 18.2 Å². The number of fused-ring (bicyclic) bond motifs is 1. The normalized spacial score (nSPS) is 12.7. The highest BCUT2D eigenvalue weighted by molar-refractivity contribution is 8.00. The third kappa shape index (κ3) is 4.24. The van der Waals surface area contributed by atoms with E-state index in [2.05, 4.69) is 32.7 Å². The fourth-order valence-electron chi connectivity index (χ4n) is 3.61. The monoisotopic (exact) mass is 451 g/mol. The lowest BCUT2D eigenvalue weighted by Gasteiger charge is -2.05. The van der Waals surface area contributed by atoms with Gasteiger partial charge in [-0.05, 0) is 49.1 Å². The predicted molar refractivity (Wildman–Crippen MR) is 119 cm³/mol. The molecule has 0 spiro atoms. The van der Waals surface area contributed by atoms with Gasteiger partial charge in [0, 0.05) is 17.0 Å². The third-order valence-electron chi connectivity index (χ3n) is 5.05. The molecule has 9 heteroatoms. The summed E-state index contributed by atoms with van der Waals surface area (Å²) in [5, 5.41) is 16.1. The number of carbonyl (C=O) groups is 1. The molecule has 156 valence electrons. The zero-order valence-corrected chi connectivity index (χ0v) is 18.0. The number of benzene rings is 2. The van der Waals surface area contributed by atoms with Gasteiger partial charge in [-0.15, -0.1) is 10.2 Å². The molecule has 0 fully saturated rings. The molecule has 1 aliphatic carbocycles. The number of thioether (sulfide) groups is 1. The fraction of sp³-hybridized carbons (Fsp3) is 0.182. The molecule has 2 aromatic carbocycles. The maximum Gasteiger partial charge on any atom is 0.278 e. The minimum Gasteiger partial charge on any atom is -0.295 e. The molecular formula is C22H18FN5OS2. The van der Waals surface area contributed by atoms with Gasteiger partial charge in [-0.3, -0.25) is 10.1 Å². The van der Waals surface area contributed by atoms with E-state index < -0.39 is 0 Å². The SMILES string of the molecule is O=C(Nc1nnc(SCc2ccccc2)s1)c1nn(-c2ccc(F)cc2)c2c1CCC2. The maximum atomic E-state index is 13.3. The first-order valence-corrected chi connectivity index (χ1v) is 11.7. The summed E-state index contributed by atoms with van der Waals surface area (Å²) in [7, 11) is 0. The van der Waals surface area contributed by atoms with Crippen LogP contribution in [-0.4, -0.2) is 25.9 Å². The first kappa shape index (κ1) is 19.9. The average molecular weight is 452 g/mol. The smallest absolute Gasteiger partial charge is 0.278 e. The Morgan fingerprint density at radius 3 is 2.71 bits per heavy atom. The van der Waals surface area contributed by atoms with Gasteiger partial charge >= 0.3 is 0 Å². The molecule has 0 saturated carbocycles. The van der Waals surface area contributed by atoms with E-state index >= 15 is 0 Å². The van der Waals surface area contributed by atoms with Crippen LogP contribution in [0.4, 0.5) is 9.52 Å². The van der Waals surface area contributed by atoms with Crippen molar-refractivity contribution in [3.8, 4) is 5.69 Å². The van der Waals surface area contributed by atoms with Crippen LogP contribution in [0.3, 0.4) is 0 Å². The zero-order valence-electron chi connectivity index (χ0n) is 16.4. The van der Waals surface area contributed by atoms with Crippen molar-refractivity contribution in [3.63, 3.8) is 0 Å². The average Bonchev–Trinajstić information content (AvgIpc) is 3.51. The molecule has 0 bridgehead atoms. The van der Waals surface area contributed by atoms with Crippen molar-refractivity contribution < 1.29 is 9.18 Å². The first-order chi connectivity index (χ1) is 15.2. The number of anilines is 1. The van der Waals surface area contributed by atoms with Gasteiger partial charge in [-0.2, -0.15) is 5.10 Å². The molecule has 2 heterocycles. The van der Waals surface area contributed by atoms with Crippen molar-refractivity contribution in [2.75, 3.05) is 5.32 Å². The molecule has 1 amide bonds. The molecule has 0 saturated heterocycles. The number of hydrogen-bond acceptors (Lipinski definition) is 6. The summed E-state index contributed by atoms with van der Waals surface area (Å²) in [4.78, 5) is 12.9. The molecule has 1 aliphatic rings. The van der Waals surface area contributed by atoms with Crippen LogP contribution in [0.5, 0.6) is 0 Å². The largest absolute Gasteiger partial charge is 0.295 e. The molecule has 0 radical (unpaired) electrons. The minimum absolute atomic E-state index is 0.297. The number of aromatic nitrogens is 4. The minimum atomic E-state index is -0.303. The molecule has 1 N–H and O–H groups in total. The second kappa shape index (κ2) is 8.60. The van der Waals surface area contributed by atoms with Crippen molar-refractivity contribution >= 4 is 34.1 Å². The number of carbonyl (C=O) groups excluding carboxylic acids is 1. The Bertz CT molecular complexity index is 1220. The van der Waals surface area contributed by atoms with E-state index in [0.717, 1.165) is 46.3 Å². The molecule has 6 nitrogen and oxygen atoms in total. The number of hydrogen-bond donors (Lipinski definition) is 1. The van der Waals surface area contributed by atoms with Crippen molar-refractivity contribution in [1.82, 2.24) is 20.0 Å². The number of nitrogens with zero attached hydrogens (tertiary/aromatic N) is 4. The fourth-order valence-corrected chi connectivity index (χ4v) is 5.31. The highest BCUT2D eigenvalue weighted by atomic mass is 32.2. The lowest BCUT2D eigenvalue weighted by atomic mass is 10.2. The van der Waals surface area contributed by atoms with E-state index in [9.17, 15) is 9.18 Å². The highest BCUT2D eigenvalue weighted by Gasteiger charge is 2.27. The first-order valence-electron chi connectivity index (χ1n) is 9.85. The summed E-state index contributed by atoms with van der Waals surface area (Å²) in [5.74, 6) is 0.191. The van der Waals surface area contributed by atoms with Crippen LogP contribution < -0.4 is 5.32 Å². The van der Waals surface area contributed by atoms with E-state index in [1.165, 1.54) is 29.0 Å². The second-order valence-electron chi connectivity index (χ2n) is 7.12. The topological polar surface area (TPSA) is 72.7 Å². The van der Waals surface area contributed by atoms with E-state index in [4.69, 9.17) is 0 Å². The Kier molecular flexibility index (Phi) is 5.52. The number of rotatable bonds is 6. The Balaban J connectivity index is 1.32. The van der Waals surface area contributed by atoms with Gasteiger partial charge in [0.15, 0.2) is 10.0 Å². The standard InChI is InChI=1S/C22H18FN5OS2/c23-15-9-11-16(12-10-15)28-18-8-4-7-17(18)19(27-28)20(29)24-21-25-26-22(31-21)30-13-14-5-2-1-3-6-14/h1-3,5-6,9-12H,4,7-8,13H2,(H,24,25,29). The van der Waals surface area contributed by atoms with E-state index in [-0.39, 0.29) is 11.7 Å². The lowest BCUT2D eigenvalue weighted by molar-refractivity contribution is 0.102. The Morgan fingerprint density at radius 2 is 1.90 bits per heavy atom. The third-order valence-corrected chi connectivity index (χ3v) is 7.09. The maximum absolute atomic E-state index is 13.3. The zero-order chi connectivity index (χ0) is 21.2. The van der Waals surface area contributed by atoms with Gasteiger partial charge in [0.05, 0.1) is 5.69 Å². The van der Waals surface area contributed by atoms with Crippen LogP contribution in [-0.2, 0) is 18.6 Å². The van der Waals surface area contributed by atoms with Crippen LogP contribution >= 0.6 is 23.1 Å². The van der Waals surface area contributed by atoms with Gasteiger partial charge in [0.2, 0.25) is 5.13 Å². The molecular weight excluding hydrogens is 433 g/mol. The van der Waals surface area contributed by atoms with Crippen LogP contribution in [0.15, 0.2) is 58.9 Å². The molecule has 0 atom stereocenters. The van der Waals surface area contributed by atoms with Gasteiger partial charge < -0.3 is 0 Å². The van der Waals surface area contributed by atoms with Gasteiger partial charge in [-0.25, -0.2) is 9.07 Å². The summed E-state index contributed by atoms with van der Waals surface area (Å²) in [6, 6.07) is 16.3. The predicted octanol–water partition coefficient (Wildman–Crippen LogP) is 4.90. The van der Waals surface area contributed by atoms with E-state index in [1.54, 1.807) is 28.6 Å². The lowest BCUT2D eigenvalue weighted by Crippen LogP contribution is -2.14. The summed E-state index contributed by atoms with van der Waals surface area (Å²) in [6.45, 7) is 0. The van der Waals surface area contributed by atoms with Gasteiger partial charge in [0.1, 0.15) is 5.82 Å². The van der Waals surface area contributed by atoms with Crippen molar-refractivity contribution in [2.45, 2.75) is 29.4 Å². The number of amides is 1. The molecule has 5 rings (SSSR count). The molecule has 4 aromatic rings. The van der Waals surface area contributed by atoms with Crippen molar-refractivity contribution in [2.24, 2.45) is 0 Å². The summed E-state index contributed by atoms with van der Waals surface area (Å²) in [6.07, 6.45) is 2.60. The van der Waals surface area contributed by atoms with Gasteiger partial charge in [-0.1, -0.05) is 53.4 Å². The Morgan fingerprint density at radius 1 is 1.10 bits per heavy atom. The highest BCUT2D eigenvalue weighted by Crippen LogP contribution is 2.31. The van der Waals surface area contributed by atoms with Crippen LogP contribution in [0.25, 0.3) is 5.69 Å². The Labute approximate surface area is 186 Å². The summed E-state index contributed by atoms with van der Waals surface area (Å²) in [5.41, 5.74) is 4.30. The van der Waals surface area contributed by atoms with Crippen molar-refractivity contribution in [1.29, 1.82) is 0 Å². The Hall–Kier alpha value is -3.04. The van der Waals surface area contributed by atoms with E-state index in [0.29, 0.717) is 10.8 Å². The summed E-state index contributed by atoms with van der Waals surface area (Å²) < 4.78 is 15.8. The number of nitrogens with one attached hydrogen (secondary N) is 1.